The van der Waals surface area contributed by atoms with E-state index in [0.29, 0.717) is 37.4 Å². The van der Waals surface area contributed by atoms with Gasteiger partial charge in [0.25, 0.3) is 5.91 Å². The first kappa shape index (κ1) is 27.1. The number of rotatable bonds is 10. The predicted molar refractivity (Wildman–Crippen MR) is 143 cm³/mol. The van der Waals surface area contributed by atoms with Gasteiger partial charge in [0.05, 0.1) is 13.2 Å². The minimum atomic E-state index is -0.576. The summed E-state index contributed by atoms with van der Waals surface area (Å²) in [6.45, 7) is 5.78. The Kier molecular flexibility index (Phi) is 9.55. The number of nitrogens with zero attached hydrogens (tertiary/aromatic N) is 2. The number of carbonyl (C=O) groups excluding carboxylic acids is 2. The molecule has 0 saturated carbocycles. The number of hydrogen-bond donors (Lipinski definition) is 2. The van der Waals surface area contributed by atoms with Crippen LogP contribution < -0.4 is 15.8 Å². The molecular formula is C29H40N4O4. The number of amides is 2. The number of nitrogens with two attached hydrogens (primary N) is 1. The Morgan fingerprint density at radius 2 is 2.03 bits per heavy atom. The van der Waals surface area contributed by atoms with Gasteiger partial charge in [-0.15, -0.1) is 0 Å². The van der Waals surface area contributed by atoms with Crippen LogP contribution in [0.25, 0.3) is 0 Å². The molecule has 2 aromatic carbocycles. The highest BCUT2D eigenvalue weighted by atomic mass is 16.5. The third-order valence-corrected chi connectivity index (χ3v) is 7.51. The van der Waals surface area contributed by atoms with Crippen LogP contribution in [0, 0.1) is 6.92 Å². The molecule has 0 aromatic heterocycles. The minimum Gasteiger partial charge on any atom is -0.497 e. The first-order chi connectivity index (χ1) is 18.0. The first-order valence-corrected chi connectivity index (χ1v) is 13.3. The molecule has 2 aromatic rings. The molecule has 2 amide bonds. The van der Waals surface area contributed by atoms with E-state index >= 15 is 0 Å². The first-order valence-electron chi connectivity index (χ1n) is 13.3. The second-order valence-corrected chi connectivity index (χ2v) is 10.00. The van der Waals surface area contributed by atoms with Crippen LogP contribution in [-0.2, 0) is 16.1 Å². The Balaban J connectivity index is 1.57. The van der Waals surface area contributed by atoms with E-state index in [2.05, 4.69) is 41.4 Å². The van der Waals surface area contributed by atoms with Gasteiger partial charge < -0.3 is 25.4 Å². The second-order valence-electron chi connectivity index (χ2n) is 10.00. The lowest BCUT2D eigenvalue weighted by Gasteiger charge is -2.43. The van der Waals surface area contributed by atoms with Crippen molar-refractivity contribution >= 4 is 11.8 Å². The van der Waals surface area contributed by atoms with E-state index in [1.54, 1.807) is 30.2 Å². The molecule has 0 aliphatic carbocycles. The van der Waals surface area contributed by atoms with Crippen molar-refractivity contribution in [3.8, 4) is 5.75 Å². The van der Waals surface area contributed by atoms with Crippen LogP contribution >= 0.6 is 0 Å². The molecule has 0 spiro atoms. The molecule has 2 aliphatic heterocycles. The van der Waals surface area contributed by atoms with E-state index < -0.39 is 6.04 Å². The van der Waals surface area contributed by atoms with Crippen molar-refractivity contribution in [2.45, 2.75) is 57.3 Å². The maximum atomic E-state index is 13.6. The molecule has 4 rings (SSSR count). The van der Waals surface area contributed by atoms with Crippen molar-refractivity contribution in [3.63, 3.8) is 0 Å². The maximum Gasteiger partial charge on any atom is 0.254 e. The van der Waals surface area contributed by atoms with Gasteiger partial charge >= 0.3 is 0 Å². The van der Waals surface area contributed by atoms with Crippen LogP contribution in [0.1, 0.15) is 47.2 Å². The number of methoxy groups -OCH3 is 1. The molecule has 2 fully saturated rings. The minimum absolute atomic E-state index is 0.145. The van der Waals surface area contributed by atoms with Crippen LogP contribution in [0.3, 0.4) is 0 Å². The van der Waals surface area contributed by atoms with Gasteiger partial charge in [-0.05, 0) is 61.9 Å². The Morgan fingerprint density at radius 1 is 1.19 bits per heavy atom. The van der Waals surface area contributed by atoms with Crippen molar-refractivity contribution in [2.24, 2.45) is 5.73 Å². The number of benzene rings is 2. The zero-order valence-corrected chi connectivity index (χ0v) is 22.0. The van der Waals surface area contributed by atoms with Gasteiger partial charge in [0, 0.05) is 50.9 Å². The topological polar surface area (TPSA) is 97.1 Å². The molecule has 0 radical (unpaired) electrons. The molecule has 0 bridgehead atoms. The van der Waals surface area contributed by atoms with Gasteiger partial charge in [-0.3, -0.25) is 14.5 Å². The smallest absolute Gasteiger partial charge is 0.254 e. The lowest BCUT2D eigenvalue weighted by atomic mass is 9.93. The SMILES string of the molecule is COc1cccc(C(=O)N2CCC(N(Cc3ccccc3C)CC3CCCO3)C[C@@H]2C(=O)NCCN)c1. The van der Waals surface area contributed by atoms with Gasteiger partial charge in [-0.1, -0.05) is 30.3 Å². The predicted octanol–water partition coefficient (Wildman–Crippen LogP) is 2.73. The van der Waals surface area contributed by atoms with Gasteiger partial charge in [0.1, 0.15) is 11.8 Å². The number of piperidine rings is 1. The highest BCUT2D eigenvalue weighted by Crippen LogP contribution is 2.28. The van der Waals surface area contributed by atoms with Crippen molar-refractivity contribution in [3.05, 3.63) is 65.2 Å². The van der Waals surface area contributed by atoms with E-state index in [9.17, 15) is 9.59 Å². The molecule has 8 nitrogen and oxygen atoms in total. The zero-order valence-electron chi connectivity index (χ0n) is 22.0. The average Bonchev–Trinajstić information content (AvgIpc) is 3.45. The van der Waals surface area contributed by atoms with E-state index in [1.165, 1.54) is 11.1 Å². The monoisotopic (exact) mass is 508 g/mol. The summed E-state index contributed by atoms with van der Waals surface area (Å²) < 4.78 is 11.3. The van der Waals surface area contributed by atoms with E-state index in [0.717, 1.165) is 39.0 Å². The average molecular weight is 509 g/mol. The Morgan fingerprint density at radius 3 is 2.76 bits per heavy atom. The molecule has 3 N–H and O–H groups in total. The summed E-state index contributed by atoms with van der Waals surface area (Å²) in [7, 11) is 1.58. The van der Waals surface area contributed by atoms with Gasteiger partial charge in [0.2, 0.25) is 5.91 Å². The van der Waals surface area contributed by atoms with Gasteiger partial charge in [0.15, 0.2) is 0 Å². The normalized spacial score (nSPS) is 21.7. The van der Waals surface area contributed by atoms with Crippen LogP contribution in [0.2, 0.25) is 0 Å². The van der Waals surface area contributed by atoms with Crippen molar-refractivity contribution in [2.75, 3.05) is 39.9 Å². The maximum absolute atomic E-state index is 13.6. The summed E-state index contributed by atoms with van der Waals surface area (Å²) in [4.78, 5) is 31.1. The molecule has 200 valence electrons. The van der Waals surface area contributed by atoms with Crippen LogP contribution in [-0.4, -0.2) is 79.7 Å². The molecule has 3 atom stereocenters. The van der Waals surface area contributed by atoms with Crippen LogP contribution in [0.5, 0.6) is 5.75 Å². The summed E-state index contributed by atoms with van der Waals surface area (Å²) in [5, 5.41) is 2.93. The third-order valence-electron chi connectivity index (χ3n) is 7.51. The summed E-state index contributed by atoms with van der Waals surface area (Å²) in [5.41, 5.74) is 8.71. The largest absolute Gasteiger partial charge is 0.497 e. The Bertz CT molecular complexity index is 1060. The third kappa shape index (κ3) is 6.89. The standard InChI is InChI=1S/C29H40N4O4/c1-21-7-3-4-8-23(21)19-32(20-26-11-6-16-37-26)24-12-15-33(27(18-24)28(34)31-14-13-30)29(35)22-9-5-10-25(17-22)36-2/h3-5,7-10,17,24,26-27H,6,11-16,18-20,30H2,1-2H3,(H,31,34)/t24?,26?,27-/m1/s1. The van der Waals surface area contributed by atoms with E-state index in [4.69, 9.17) is 15.2 Å². The van der Waals surface area contributed by atoms with Gasteiger partial charge in [-0.2, -0.15) is 0 Å². The highest BCUT2D eigenvalue weighted by molar-refractivity contribution is 5.98. The lowest BCUT2D eigenvalue weighted by Crippen LogP contribution is -2.58. The van der Waals surface area contributed by atoms with Crippen molar-refractivity contribution in [1.29, 1.82) is 0 Å². The zero-order chi connectivity index (χ0) is 26.2. The van der Waals surface area contributed by atoms with Crippen LogP contribution in [0.15, 0.2) is 48.5 Å². The number of likely N-dealkylation sites (tertiary alicyclic amines) is 1. The summed E-state index contributed by atoms with van der Waals surface area (Å²) in [5.74, 6) is 0.306. The molecule has 2 unspecified atom stereocenters. The summed E-state index contributed by atoms with van der Waals surface area (Å²) >= 11 is 0. The Hall–Kier alpha value is -2.94. The van der Waals surface area contributed by atoms with E-state index in [1.807, 2.05) is 6.07 Å². The van der Waals surface area contributed by atoms with Crippen molar-refractivity contribution < 1.29 is 19.1 Å². The second kappa shape index (κ2) is 13.0. The number of ether oxygens (including phenoxy) is 2. The molecule has 37 heavy (non-hydrogen) atoms. The number of nitrogens with one attached hydrogen (secondary N) is 1. The fourth-order valence-corrected chi connectivity index (χ4v) is 5.40. The van der Waals surface area contributed by atoms with E-state index in [-0.39, 0.29) is 24.0 Å². The lowest BCUT2D eigenvalue weighted by molar-refractivity contribution is -0.127. The molecular weight excluding hydrogens is 468 g/mol. The number of aryl methyl sites for hydroxylation is 1. The van der Waals surface area contributed by atoms with Crippen molar-refractivity contribution in [1.82, 2.24) is 15.1 Å². The molecule has 2 saturated heterocycles. The quantitative estimate of drug-likeness (QED) is 0.512. The Labute approximate surface area is 220 Å². The number of hydrogen-bond acceptors (Lipinski definition) is 6. The highest BCUT2D eigenvalue weighted by Gasteiger charge is 2.39. The van der Waals surface area contributed by atoms with Crippen LogP contribution in [0.4, 0.5) is 0 Å². The fraction of sp³-hybridized carbons (Fsp3) is 0.517. The molecule has 8 heteroatoms. The molecule has 2 aliphatic rings. The summed E-state index contributed by atoms with van der Waals surface area (Å²) in [6.07, 6.45) is 3.68. The van der Waals surface area contributed by atoms with Gasteiger partial charge in [-0.25, -0.2) is 0 Å². The fourth-order valence-electron chi connectivity index (χ4n) is 5.40. The summed E-state index contributed by atoms with van der Waals surface area (Å²) in [6, 6.07) is 15.1. The molecule has 2 heterocycles. The number of carbonyl (C=O) groups is 2.